The number of rotatable bonds is 5. The third kappa shape index (κ3) is 2.93. The molecule has 0 amide bonds. The molecule has 80 valence electrons. The van der Waals surface area contributed by atoms with E-state index < -0.39 is 0 Å². The van der Waals surface area contributed by atoms with Gasteiger partial charge in [0, 0.05) is 12.4 Å². The Morgan fingerprint density at radius 3 is 3.20 bits per heavy atom. The van der Waals surface area contributed by atoms with Crippen LogP contribution in [-0.2, 0) is 5.75 Å². The molecule has 0 aliphatic heterocycles. The second kappa shape index (κ2) is 5.13. The minimum atomic E-state index is 0.625. The van der Waals surface area contributed by atoms with Crippen molar-refractivity contribution in [1.29, 1.82) is 0 Å². The van der Waals surface area contributed by atoms with Crippen LogP contribution in [0.4, 0.5) is 0 Å². The largest absolute Gasteiger partial charge is 0.469 e. The monoisotopic (exact) mass is 242 g/mol. The van der Waals surface area contributed by atoms with Crippen LogP contribution in [0.1, 0.15) is 11.9 Å². The number of ether oxygens (including phenoxy) is 1. The van der Waals surface area contributed by atoms with Crippen molar-refractivity contribution in [1.82, 2.24) is 20.2 Å². The molecule has 1 N–H and O–H groups in total. The van der Waals surface area contributed by atoms with E-state index in [0.717, 1.165) is 15.9 Å². The number of thioether (sulfide) groups is 1. The first-order valence-electron chi connectivity index (χ1n) is 4.46. The van der Waals surface area contributed by atoms with Crippen LogP contribution in [-0.4, -0.2) is 26.8 Å². The van der Waals surface area contributed by atoms with Crippen LogP contribution in [0.15, 0.2) is 17.6 Å². The molecular weight excluding hydrogens is 232 g/mol. The zero-order valence-corrected chi connectivity index (χ0v) is 9.77. The molecule has 0 unspecified atom stereocenters. The second-order valence-corrected chi connectivity index (χ2v) is 4.57. The summed E-state index contributed by atoms with van der Waals surface area (Å²) in [4.78, 5) is 7.12. The minimum Gasteiger partial charge on any atom is -0.469 e. The van der Waals surface area contributed by atoms with Crippen LogP contribution in [0.3, 0.4) is 0 Å². The summed E-state index contributed by atoms with van der Waals surface area (Å²) in [5.41, 5.74) is 0. The van der Waals surface area contributed by atoms with Crippen LogP contribution < -0.4 is 4.74 Å². The molecule has 0 aliphatic rings. The first-order valence-corrected chi connectivity index (χ1v) is 6.26. The highest BCUT2D eigenvalue weighted by Crippen LogP contribution is 2.24. The van der Waals surface area contributed by atoms with Crippen molar-refractivity contribution in [3.8, 4) is 5.19 Å². The van der Waals surface area contributed by atoms with E-state index in [1.165, 1.54) is 11.3 Å². The van der Waals surface area contributed by atoms with Gasteiger partial charge in [-0.3, -0.25) is 0 Å². The molecule has 2 aromatic rings. The summed E-state index contributed by atoms with van der Waals surface area (Å²) in [6, 6.07) is 0. The van der Waals surface area contributed by atoms with Gasteiger partial charge in [-0.15, -0.1) is 10.2 Å². The molecule has 0 aliphatic carbocycles. The molecule has 0 saturated heterocycles. The van der Waals surface area contributed by atoms with E-state index in [0.29, 0.717) is 11.8 Å². The molecule has 15 heavy (non-hydrogen) atoms. The van der Waals surface area contributed by atoms with Gasteiger partial charge in [0.05, 0.1) is 12.4 Å². The molecule has 0 radical (unpaired) electrons. The number of aromatic nitrogens is 4. The molecule has 0 saturated carbocycles. The Labute approximate surface area is 95.3 Å². The summed E-state index contributed by atoms with van der Waals surface area (Å²) >= 11 is 3.07. The number of aromatic amines is 1. The molecule has 2 rings (SSSR count). The van der Waals surface area contributed by atoms with Gasteiger partial charge >= 0.3 is 0 Å². The molecule has 0 atom stereocenters. The fourth-order valence-corrected chi connectivity index (χ4v) is 2.50. The molecule has 7 heteroatoms. The molecule has 2 aromatic heterocycles. The van der Waals surface area contributed by atoms with Gasteiger partial charge in [0.15, 0.2) is 5.16 Å². The third-order valence-electron chi connectivity index (χ3n) is 1.52. The van der Waals surface area contributed by atoms with Crippen molar-refractivity contribution in [2.75, 3.05) is 6.61 Å². The minimum absolute atomic E-state index is 0.625. The average Bonchev–Trinajstić information content (AvgIpc) is 2.85. The summed E-state index contributed by atoms with van der Waals surface area (Å²) in [6.07, 6.45) is 3.53. The highest BCUT2D eigenvalue weighted by atomic mass is 32.2. The van der Waals surface area contributed by atoms with Crippen LogP contribution >= 0.6 is 23.1 Å². The molecule has 0 aromatic carbocycles. The first-order chi connectivity index (χ1) is 7.38. The van der Waals surface area contributed by atoms with E-state index in [9.17, 15) is 0 Å². The average molecular weight is 242 g/mol. The van der Waals surface area contributed by atoms with Crippen molar-refractivity contribution in [2.45, 2.75) is 17.8 Å². The summed E-state index contributed by atoms with van der Waals surface area (Å²) in [5.74, 6) is 0.762. The predicted octanol–water partition coefficient (Wildman–Crippen LogP) is 1.95. The van der Waals surface area contributed by atoms with Gasteiger partial charge in [-0.2, -0.15) is 0 Å². The molecule has 0 bridgehead atoms. The van der Waals surface area contributed by atoms with Crippen molar-refractivity contribution in [2.24, 2.45) is 0 Å². The van der Waals surface area contributed by atoms with Gasteiger partial charge in [0.25, 0.3) is 5.19 Å². The molecular formula is C8H10N4OS2. The zero-order valence-electron chi connectivity index (χ0n) is 8.14. The van der Waals surface area contributed by atoms with Crippen LogP contribution in [0, 0.1) is 0 Å². The zero-order chi connectivity index (χ0) is 10.5. The van der Waals surface area contributed by atoms with Crippen LogP contribution in [0.25, 0.3) is 0 Å². The standard InChI is InChI=1S/C8H10N4OS2/c1-2-13-8-12-11-6(15-8)5-14-7-9-3-4-10-7/h3-4H,2,5H2,1H3,(H,9,10). The summed E-state index contributed by atoms with van der Waals surface area (Å²) in [7, 11) is 0. The Balaban J connectivity index is 1.88. The predicted molar refractivity (Wildman–Crippen MR) is 59.2 cm³/mol. The molecule has 0 spiro atoms. The van der Waals surface area contributed by atoms with E-state index in [2.05, 4.69) is 20.2 Å². The topological polar surface area (TPSA) is 63.7 Å². The smallest absolute Gasteiger partial charge is 0.294 e. The SMILES string of the molecule is CCOc1nnc(CSc2ncc[nH]2)s1. The first kappa shape index (κ1) is 10.4. The summed E-state index contributed by atoms with van der Waals surface area (Å²) < 4.78 is 5.24. The number of H-pyrrole nitrogens is 1. The van der Waals surface area contributed by atoms with E-state index in [1.807, 2.05) is 6.92 Å². The maximum Gasteiger partial charge on any atom is 0.294 e. The van der Waals surface area contributed by atoms with E-state index >= 15 is 0 Å². The lowest BCUT2D eigenvalue weighted by Gasteiger charge is -1.92. The van der Waals surface area contributed by atoms with Crippen molar-refractivity contribution >= 4 is 23.1 Å². The van der Waals surface area contributed by atoms with Crippen molar-refractivity contribution in [3.63, 3.8) is 0 Å². The van der Waals surface area contributed by atoms with E-state index in [4.69, 9.17) is 4.74 Å². The number of hydrogen-bond donors (Lipinski definition) is 1. The number of nitrogens with one attached hydrogen (secondary N) is 1. The highest BCUT2D eigenvalue weighted by molar-refractivity contribution is 7.98. The second-order valence-electron chi connectivity index (χ2n) is 2.58. The Hall–Kier alpha value is -1.08. The van der Waals surface area contributed by atoms with E-state index in [-0.39, 0.29) is 0 Å². The summed E-state index contributed by atoms with van der Waals surface area (Å²) in [5, 5.41) is 10.4. The lowest BCUT2D eigenvalue weighted by Crippen LogP contribution is -1.89. The quantitative estimate of drug-likeness (QED) is 0.812. The van der Waals surface area contributed by atoms with Gasteiger partial charge in [-0.1, -0.05) is 23.1 Å². The molecule has 2 heterocycles. The fourth-order valence-electron chi connectivity index (χ4n) is 0.938. The Bertz CT molecular complexity index is 400. The van der Waals surface area contributed by atoms with Gasteiger partial charge in [-0.05, 0) is 6.92 Å². The lowest BCUT2D eigenvalue weighted by molar-refractivity contribution is 0.335. The van der Waals surface area contributed by atoms with Crippen molar-refractivity contribution in [3.05, 3.63) is 17.4 Å². The summed E-state index contributed by atoms with van der Waals surface area (Å²) in [6.45, 7) is 2.55. The van der Waals surface area contributed by atoms with Gasteiger partial charge in [-0.25, -0.2) is 4.98 Å². The maximum atomic E-state index is 5.24. The third-order valence-corrected chi connectivity index (χ3v) is 3.45. The number of nitrogens with zero attached hydrogens (tertiary/aromatic N) is 3. The number of hydrogen-bond acceptors (Lipinski definition) is 6. The fraction of sp³-hybridized carbons (Fsp3) is 0.375. The molecule has 5 nitrogen and oxygen atoms in total. The van der Waals surface area contributed by atoms with Crippen LogP contribution in [0.5, 0.6) is 5.19 Å². The van der Waals surface area contributed by atoms with Gasteiger partial charge < -0.3 is 9.72 Å². The maximum absolute atomic E-state index is 5.24. The number of imidazole rings is 1. The lowest BCUT2D eigenvalue weighted by atomic mass is 10.9. The highest BCUT2D eigenvalue weighted by Gasteiger charge is 2.05. The van der Waals surface area contributed by atoms with Gasteiger partial charge in [0.1, 0.15) is 5.01 Å². The van der Waals surface area contributed by atoms with Crippen molar-refractivity contribution < 1.29 is 4.74 Å². The Morgan fingerprint density at radius 1 is 1.53 bits per heavy atom. The Kier molecular flexibility index (Phi) is 3.57. The van der Waals surface area contributed by atoms with E-state index in [1.54, 1.807) is 24.2 Å². The van der Waals surface area contributed by atoms with Crippen LogP contribution in [0.2, 0.25) is 0 Å². The Morgan fingerprint density at radius 2 is 2.47 bits per heavy atom. The molecule has 0 fully saturated rings. The van der Waals surface area contributed by atoms with Gasteiger partial charge in [0.2, 0.25) is 0 Å². The normalized spacial score (nSPS) is 10.5.